The van der Waals surface area contributed by atoms with Gasteiger partial charge < -0.3 is 19.8 Å². The fraction of sp³-hybridized carbons (Fsp3) is 0. The molecule has 0 saturated carbocycles. The lowest BCUT2D eigenvalue weighted by atomic mass is 10.3. The van der Waals surface area contributed by atoms with Gasteiger partial charge in [0.15, 0.2) is 0 Å². The van der Waals surface area contributed by atoms with Gasteiger partial charge in [-0.05, 0) is 24.3 Å². The first-order valence-corrected chi connectivity index (χ1v) is 6.99. The Labute approximate surface area is 111 Å². The molecule has 0 aromatic heterocycles. The summed E-state index contributed by atoms with van der Waals surface area (Å²) in [5.74, 6) is 5.82. The Morgan fingerprint density at radius 3 is 1.68 bits per heavy atom. The van der Waals surface area contributed by atoms with E-state index in [-0.39, 0.29) is 0 Å². The van der Waals surface area contributed by atoms with Crippen LogP contribution >= 0.6 is 7.75 Å². The van der Waals surface area contributed by atoms with Crippen molar-refractivity contribution < 1.29 is 13.6 Å². The molecule has 7 heteroatoms. The number of hydrogen-bond acceptors (Lipinski definition) is 5. The molecular weight excluding hydrogens is 265 g/mol. The lowest BCUT2D eigenvalue weighted by Gasteiger charge is -2.30. The van der Waals surface area contributed by atoms with Gasteiger partial charge in [-0.25, -0.2) is 0 Å². The number of nitrogens with one attached hydrogen (secondary N) is 1. The number of hydrogen-bond donors (Lipinski definition) is 2. The third-order valence-corrected chi connectivity index (χ3v) is 3.35. The van der Waals surface area contributed by atoms with Crippen LogP contribution in [0, 0.1) is 0 Å². The summed E-state index contributed by atoms with van der Waals surface area (Å²) in [5.41, 5.74) is 1.96. The summed E-state index contributed by atoms with van der Waals surface area (Å²) < 4.78 is 22.9. The van der Waals surface area contributed by atoms with Gasteiger partial charge in [-0.3, -0.25) is 10.4 Å². The highest BCUT2D eigenvalue weighted by molar-refractivity contribution is 7.57. The van der Waals surface area contributed by atoms with E-state index in [0.29, 0.717) is 11.5 Å². The molecule has 100 valence electrons. The van der Waals surface area contributed by atoms with Gasteiger partial charge >= 0.3 is 7.75 Å². The van der Waals surface area contributed by atoms with Crippen molar-refractivity contribution in [3.63, 3.8) is 0 Å². The SMILES string of the molecule is NN[N-]P(=O)(Oc1ccccc1)Oc1ccccc1. The molecule has 19 heavy (non-hydrogen) atoms. The maximum absolute atomic E-state index is 12.4. The van der Waals surface area contributed by atoms with Crippen molar-refractivity contribution in [1.82, 2.24) is 5.53 Å². The predicted molar refractivity (Wildman–Crippen MR) is 72.4 cm³/mol. The van der Waals surface area contributed by atoms with E-state index in [4.69, 9.17) is 14.9 Å². The van der Waals surface area contributed by atoms with Gasteiger partial charge in [0.25, 0.3) is 0 Å². The molecule has 3 N–H and O–H groups in total. The fourth-order valence-electron chi connectivity index (χ4n) is 1.36. The first-order valence-electron chi connectivity index (χ1n) is 5.49. The van der Waals surface area contributed by atoms with Gasteiger partial charge in [-0.15, -0.1) is 0 Å². The van der Waals surface area contributed by atoms with E-state index in [1.54, 1.807) is 48.5 Å². The molecule has 6 nitrogen and oxygen atoms in total. The summed E-state index contributed by atoms with van der Waals surface area (Å²) >= 11 is 0. The Balaban J connectivity index is 2.16. The fourth-order valence-corrected chi connectivity index (χ4v) is 2.40. The number of hydrazine groups is 1. The van der Waals surface area contributed by atoms with Crippen LogP contribution in [0.1, 0.15) is 0 Å². The molecule has 2 aromatic carbocycles. The van der Waals surface area contributed by atoms with E-state index in [2.05, 4.69) is 5.20 Å². The Bertz CT molecular complexity index is 505. The van der Waals surface area contributed by atoms with Crippen molar-refractivity contribution >= 4 is 7.75 Å². The van der Waals surface area contributed by atoms with Crippen molar-refractivity contribution in [2.24, 2.45) is 5.84 Å². The predicted octanol–water partition coefficient (Wildman–Crippen LogP) is 3.00. The molecule has 0 aliphatic rings. The van der Waals surface area contributed by atoms with Crippen LogP contribution in [-0.2, 0) is 4.57 Å². The largest absolute Gasteiger partial charge is 0.454 e. The molecule has 2 rings (SSSR count). The summed E-state index contributed by atoms with van der Waals surface area (Å²) in [6, 6.07) is 17.2. The monoisotopic (exact) mass is 278 g/mol. The van der Waals surface area contributed by atoms with Crippen molar-refractivity contribution in [3.8, 4) is 11.5 Å². The quantitative estimate of drug-likeness (QED) is 0.481. The molecule has 0 saturated heterocycles. The number of nitrogens with zero attached hydrogens (tertiary/aromatic N) is 1. The molecule has 2 aromatic rings. The molecule has 0 unspecified atom stereocenters. The third-order valence-electron chi connectivity index (χ3n) is 2.11. The van der Waals surface area contributed by atoms with E-state index in [0.717, 1.165) is 0 Å². The minimum Gasteiger partial charge on any atom is -0.454 e. The maximum Gasteiger partial charge on any atom is 0.355 e. The summed E-state index contributed by atoms with van der Waals surface area (Å²) in [6.07, 6.45) is 0. The molecule has 0 aliphatic carbocycles. The van der Waals surface area contributed by atoms with Crippen molar-refractivity contribution in [3.05, 3.63) is 65.9 Å². The molecule has 0 atom stereocenters. The van der Waals surface area contributed by atoms with Gasteiger partial charge in [-0.2, -0.15) is 0 Å². The van der Waals surface area contributed by atoms with Crippen LogP contribution in [0.4, 0.5) is 0 Å². The van der Waals surface area contributed by atoms with Gasteiger partial charge in [0, 0.05) is 0 Å². The second-order valence-electron chi connectivity index (χ2n) is 3.51. The van der Waals surface area contributed by atoms with Crippen LogP contribution in [0.2, 0.25) is 0 Å². The number of para-hydroxylation sites is 2. The smallest absolute Gasteiger partial charge is 0.355 e. The molecule has 0 amide bonds. The normalized spacial score (nSPS) is 11.0. The van der Waals surface area contributed by atoms with Crippen molar-refractivity contribution in [2.45, 2.75) is 0 Å². The van der Waals surface area contributed by atoms with Gasteiger partial charge in [0.1, 0.15) is 11.5 Å². The maximum atomic E-state index is 12.4. The average molecular weight is 278 g/mol. The lowest BCUT2D eigenvalue weighted by molar-refractivity contribution is 0.391. The zero-order valence-corrected chi connectivity index (χ0v) is 10.9. The first kappa shape index (κ1) is 13.6. The summed E-state index contributed by atoms with van der Waals surface area (Å²) in [5, 5.41) is 3.49. The first-order chi connectivity index (χ1) is 9.22. The summed E-state index contributed by atoms with van der Waals surface area (Å²) in [4.78, 5) is 0. The molecule has 0 fully saturated rings. The van der Waals surface area contributed by atoms with Crippen LogP contribution in [0.3, 0.4) is 0 Å². The Morgan fingerprint density at radius 2 is 1.32 bits per heavy atom. The Morgan fingerprint density at radius 1 is 0.895 bits per heavy atom. The highest BCUT2D eigenvalue weighted by atomic mass is 31.2. The zero-order chi connectivity index (χ0) is 13.6. The van der Waals surface area contributed by atoms with Crippen molar-refractivity contribution in [1.29, 1.82) is 0 Å². The Kier molecular flexibility index (Phi) is 4.54. The number of rotatable bonds is 6. The van der Waals surface area contributed by atoms with E-state index in [9.17, 15) is 4.57 Å². The average Bonchev–Trinajstić information content (AvgIpc) is 2.41. The van der Waals surface area contributed by atoms with E-state index >= 15 is 0 Å². The molecule has 0 spiro atoms. The van der Waals surface area contributed by atoms with Crippen LogP contribution in [-0.4, -0.2) is 0 Å². The Hall–Kier alpha value is -1.85. The second kappa shape index (κ2) is 6.36. The standard InChI is InChI=1S/C12H13N3O3P/c13-14-15-19(16,17-11-7-3-1-4-8-11)18-12-9-5-2-6-10-12/h1-10,14H,13H2/q-1. The van der Waals surface area contributed by atoms with E-state index < -0.39 is 7.75 Å². The summed E-state index contributed by atoms with van der Waals surface area (Å²) in [6.45, 7) is 0. The highest BCUT2D eigenvalue weighted by Gasteiger charge is 2.16. The molecule has 0 radical (unpaired) electrons. The van der Waals surface area contributed by atoms with Gasteiger partial charge in [0.05, 0.1) is 0 Å². The molecular formula is C12H13N3O3P-. The molecule has 0 bridgehead atoms. The van der Waals surface area contributed by atoms with Gasteiger partial charge in [0.2, 0.25) is 0 Å². The highest BCUT2D eigenvalue weighted by Crippen LogP contribution is 2.52. The van der Waals surface area contributed by atoms with E-state index in [1.807, 2.05) is 17.7 Å². The summed E-state index contributed by atoms with van der Waals surface area (Å²) in [7, 11) is -3.77. The number of benzene rings is 2. The van der Waals surface area contributed by atoms with Crippen LogP contribution in [0.25, 0.3) is 5.20 Å². The molecule has 0 heterocycles. The second-order valence-corrected chi connectivity index (χ2v) is 5.01. The number of nitrogens with two attached hydrogens (primary N) is 1. The minimum atomic E-state index is -3.77. The van der Waals surface area contributed by atoms with Crippen LogP contribution in [0.5, 0.6) is 11.5 Å². The lowest BCUT2D eigenvalue weighted by Crippen LogP contribution is -2.18. The molecule has 0 aliphatic heterocycles. The minimum absolute atomic E-state index is 0.376. The topological polar surface area (TPSA) is 87.7 Å². The van der Waals surface area contributed by atoms with Gasteiger partial charge in [-0.1, -0.05) is 36.4 Å². The van der Waals surface area contributed by atoms with Crippen molar-refractivity contribution in [2.75, 3.05) is 0 Å². The van der Waals surface area contributed by atoms with E-state index in [1.165, 1.54) is 0 Å². The zero-order valence-electron chi connectivity index (χ0n) is 9.97. The van der Waals surface area contributed by atoms with Crippen LogP contribution in [0.15, 0.2) is 60.7 Å². The third kappa shape index (κ3) is 4.08. The van der Waals surface area contributed by atoms with Crippen LogP contribution < -0.4 is 20.4 Å².